The van der Waals surface area contributed by atoms with Crippen LogP contribution >= 0.6 is 0 Å². The van der Waals surface area contributed by atoms with Crippen LogP contribution in [0, 0.1) is 0 Å². The number of unbranched alkanes of at least 4 members (excludes halogenated alkanes) is 6. The van der Waals surface area contributed by atoms with Crippen molar-refractivity contribution in [3.8, 4) is 34.4 Å². The van der Waals surface area contributed by atoms with Crippen molar-refractivity contribution in [2.24, 2.45) is 0 Å². The van der Waals surface area contributed by atoms with Gasteiger partial charge in [-0.15, -0.1) is 10.2 Å². The van der Waals surface area contributed by atoms with Gasteiger partial charge in [0, 0.05) is 11.1 Å². The third-order valence-corrected chi connectivity index (χ3v) is 5.89. The lowest BCUT2D eigenvalue weighted by Gasteiger charge is -2.06. The lowest BCUT2D eigenvalue weighted by atomic mass is 10.1. The first-order valence-corrected chi connectivity index (χ1v) is 12.7. The summed E-state index contributed by atoms with van der Waals surface area (Å²) in [5.41, 5.74) is 2.85. The van der Waals surface area contributed by atoms with Gasteiger partial charge in [0.15, 0.2) is 0 Å². The minimum Gasteiger partial charge on any atom is -0.494 e. The molecule has 0 spiro atoms. The molecule has 1 heterocycles. The second-order valence-electron chi connectivity index (χ2n) is 8.71. The van der Waals surface area contributed by atoms with Gasteiger partial charge < -0.3 is 13.9 Å². The molecule has 0 aliphatic carbocycles. The van der Waals surface area contributed by atoms with Crippen LogP contribution in [0.4, 0.5) is 0 Å². The predicted molar refractivity (Wildman–Crippen MR) is 139 cm³/mol. The standard InChI is InChI=1S/C30H34N2O3/c1-2-3-4-5-6-7-11-22-33-27-18-14-25(15-19-27)29-31-32-30(35-29)26-16-20-28(21-17-26)34-23-24-12-9-8-10-13-24/h8-10,12-21H,2-7,11,22-23H2,1H3. The van der Waals surface area contributed by atoms with Gasteiger partial charge in [0.1, 0.15) is 18.1 Å². The van der Waals surface area contributed by atoms with Crippen LogP contribution in [0.3, 0.4) is 0 Å². The van der Waals surface area contributed by atoms with Crippen LogP contribution in [0.5, 0.6) is 11.5 Å². The molecule has 0 saturated heterocycles. The van der Waals surface area contributed by atoms with E-state index in [1.807, 2.05) is 78.9 Å². The fourth-order valence-electron chi connectivity index (χ4n) is 3.83. The summed E-state index contributed by atoms with van der Waals surface area (Å²) in [5.74, 6) is 2.63. The molecule has 3 aromatic carbocycles. The zero-order valence-electron chi connectivity index (χ0n) is 20.5. The average Bonchev–Trinajstić information content (AvgIpc) is 3.41. The molecule has 0 N–H and O–H groups in total. The molecule has 0 unspecified atom stereocenters. The fraction of sp³-hybridized carbons (Fsp3) is 0.333. The maximum Gasteiger partial charge on any atom is 0.248 e. The molecule has 35 heavy (non-hydrogen) atoms. The zero-order valence-corrected chi connectivity index (χ0v) is 20.5. The highest BCUT2D eigenvalue weighted by Gasteiger charge is 2.11. The molecule has 0 atom stereocenters. The van der Waals surface area contributed by atoms with Gasteiger partial charge in [-0.05, 0) is 60.5 Å². The topological polar surface area (TPSA) is 57.4 Å². The van der Waals surface area contributed by atoms with E-state index in [0.717, 1.165) is 41.2 Å². The van der Waals surface area contributed by atoms with Crippen molar-refractivity contribution in [3.63, 3.8) is 0 Å². The number of benzene rings is 3. The first-order chi connectivity index (χ1) is 17.3. The van der Waals surface area contributed by atoms with Crippen LogP contribution < -0.4 is 9.47 Å². The van der Waals surface area contributed by atoms with E-state index in [0.29, 0.717) is 18.4 Å². The maximum absolute atomic E-state index is 5.91. The average molecular weight is 471 g/mol. The van der Waals surface area contributed by atoms with Crippen LogP contribution in [0.25, 0.3) is 22.9 Å². The van der Waals surface area contributed by atoms with Crippen molar-refractivity contribution in [3.05, 3.63) is 84.4 Å². The molecular formula is C30H34N2O3. The van der Waals surface area contributed by atoms with Gasteiger partial charge in [-0.2, -0.15) is 0 Å². The summed E-state index contributed by atoms with van der Waals surface area (Å²) in [4.78, 5) is 0. The van der Waals surface area contributed by atoms with E-state index in [1.54, 1.807) is 0 Å². The van der Waals surface area contributed by atoms with E-state index >= 15 is 0 Å². The molecule has 4 aromatic rings. The molecule has 0 aliphatic rings. The molecule has 0 amide bonds. The highest BCUT2D eigenvalue weighted by molar-refractivity contribution is 5.59. The van der Waals surface area contributed by atoms with Crippen molar-refractivity contribution in [2.45, 2.75) is 58.5 Å². The van der Waals surface area contributed by atoms with Gasteiger partial charge in [-0.3, -0.25) is 0 Å². The molecule has 5 nitrogen and oxygen atoms in total. The quantitative estimate of drug-likeness (QED) is 0.174. The number of ether oxygens (including phenoxy) is 2. The van der Waals surface area contributed by atoms with Gasteiger partial charge in [0.05, 0.1) is 6.61 Å². The van der Waals surface area contributed by atoms with E-state index in [9.17, 15) is 0 Å². The Labute approximate surface area is 208 Å². The fourth-order valence-corrected chi connectivity index (χ4v) is 3.83. The second-order valence-corrected chi connectivity index (χ2v) is 8.71. The maximum atomic E-state index is 5.91. The Hall–Kier alpha value is -3.60. The van der Waals surface area contributed by atoms with Crippen molar-refractivity contribution in [2.75, 3.05) is 6.61 Å². The molecular weight excluding hydrogens is 436 g/mol. The summed E-state index contributed by atoms with van der Waals surface area (Å²) in [5, 5.41) is 8.44. The molecule has 1 aromatic heterocycles. The molecule has 182 valence electrons. The largest absolute Gasteiger partial charge is 0.494 e. The molecule has 0 fully saturated rings. The lowest BCUT2D eigenvalue weighted by molar-refractivity contribution is 0.304. The first kappa shape index (κ1) is 24.5. The summed E-state index contributed by atoms with van der Waals surface area (Å²) >= 11 is 0. The van der Waals surface area contributed by atoms with Gasteiger partial charge in [0.25, 0.3) is 0 Å². The van der Waals surface area contributed by atoms with Crippen LogP contribution in [0.1, 0.15) is 57.4 Å². The summed E-state index contributed by atoms with van der Waals surface area (Å²) in [7, 11) is 0. The summed E-state index contributed by atoms with van der Waals surface area (Å²) < 4.78 is 17.6. The van der Waals surface area contributed by atoms with Gasteiger partial charge in [-0.1, -0.05) is 75.8 Å². The lowest BCUT2D eigenvalue weighted by Crippen LogP contribution is -1.97. The first-order valence-electron chi connectivity index (χ1n) is 12.7. The molecule has 4 rings (SSSR count). The Bertz CT molecular complexity index is 1120. The van der Waals surface area contributed by atoms with Crippen molar-refractivity contribution in [1.82, 2.24) is 10.2 Å². The van der Waals surface area contributed by atoms with Crippen LogP contribution in [0.15, 0.2) is 83.3 Å². The SMILES string of the molecule is CCCCCCCCCOc1ccc(-c2nnc(-c3ccc(OCc4ccccc4)cc3)o2)cc1. The van der Waals surface area contributed by atoms with E-state index in [2.05, 4.69) is 17.1 Å². The molecule has 0 saturated carbocycles. The molecule has 5 heteroatoms. The monoisotopic (exact) mass is 470 g/mol. The third-order valence-electron chi connectivity index (χ3n) is 5.89. The van der Waals surface area contributed by atoms with Gasteiger partial charge in [-0.25, -0.2) is 0 Å². The van der Waals surface area contributed by atoms with E-state index in [4.69, 9.17) is 13.9 Å². The van der Waals surface area contributed by atoms with Crippen LogP contribution in [0.2, 0.25) is 0 Å². The van der Waals surface area contributed by atoms with Crippen molar-refractivity contribution < 1.29 is 13.9 Å². The van der Waals surface area contributed by atoms with Crippen LogP contribution in [-0.2, 0) is 6.61 Å². The molecule has 0 bridgehead atoms. The number of aromatic nitrogens is 2. The zero-order chi connectivity index (χ0) is 24.1. The summed E-state index contributed by atoms with van der Waals surface area (Å²) in [6.45, 7) is 3.53. The Morgan fingerprint density at radius 3 is 1.74 bits per heavy atom. The smallest absolute Gasteiger partial charge is 0.248 e. The number of hydrogen-bond donors (Lipinski definition) is 0. The predicted octanol–water partition coefficient (Wildman–Crippen LogP) is 8.11. The number of rotatable bonds is 14. The molecule has 0 aliphatic heterocycles. The van der Waals surface area contributed by atoms with Crippen molar-refractivity contribution >= 4 is 0 Å². The highest BCUT2D eigenvalue weighted by atomic mass is 16.5. The molecule has 0 radical (unpaired) electrons. The minimum atomic E-state index is 0.480. The Kier molecular flexibility index (Phi) is 9.34. The van der Waals surface area contributed by atoms with Crippen LogP contribution in [-0.4, -0.2) is 16.8 Å². The normalized spacial score (nSPS) is 10.9. The van der Waals surface area contributed by atoms with E-state index in [1.165, 1.54) is 38.5 Å². The Balaban J connectivity index is 1.24. The second kappa shape index (κ2) is 13.3. The van der Waals surface area contributed by atoms with E-state index in [-0.39, 0.29) is 0 Å². The number of nitrogens with zero attached hydrogens (tertiary/aromatic N) is 2. The number of hydrogen-bond acceptors (Lipinski definition) is 5. The van der Waals surface area contributed by atoms with E-state index < -0.39 is 0 Å². The minimum absolute atomic E-state index is 0.480. The van der Waals surface area contributed by atoms with Gasteiger partial charge >= 0.3 is 0 Å². The highest BCUT2D eigenvalue weighted by Crippen LogP contribution is 2.27. The third kappa shape index (κ3) is 7.71. The summed E-state index contributed by atoms with van der Waals surface area (Å²) in [6.07, 6.45) is 8.95. The van der Waals surface area contributed by atoms with Gasteiger partial charge in [0.2, 0.25) is 11.8 Å². The Morgan fingerprint density at radius 2 is 1.14 bits per heavy atom. The van der Waals surface area contributed by atoms with Crippen molar-refractivity contribution in [1.29, 1.82) is 0 Å². The Morgan fingerprint density at radius 1 is 0.600 bits per heavy atom. The summed E-state index contributed by atoms with van der Waals surface area (Å²) in [6, 6.07) is 25.6.